The Kier molecular flexibility index (Phi) is 4.73. The molecule has 2 amide bonds. The van der Waals surface area contributed by atoms with Gasteiger partial charge < -0.3 is 10.1 Å². The molecule has 1 aliphatic carbocycles. The Balaban J connectivity index is 1.66. The first-order chi connectivity index (χ1) is 9.08. The SMILES string of the molecule is CN(CC(=O)NC1CC1)CC1CCC(C(=O)NN)O1. The van der Waals surface area contributed by atoms with Crippen molar-refractivity contribution in [2.45, 2.75) is 43.9 Å². The van der Waals surface area contributed by atoms with Crippen molar-refractivity contribution in [3.63, 3.8) is 0 Å². The maximum atomic E-state index is 11.6. The number of rotatable bonds is 6. The van der Waals surface area contributed by atoms with E-state index in [-0.39, 0.29) is 17.9 Å². The van der Waals surface area contributed by atoms with Crippen molar-refractivity contribution < 1.29 is 14.3 Å². The van der Waals surface area contributed by atoms with E-state index in [1.54, 1.807) is 0 Å². The van der Waals surface area contributed by atoms with Crippen LogP contribution in [0.15, 0.2) is 0 Å². The van der Waals surface area contributed by atoms with Crippen LogP contribution in [0.4, 0.5) is 0 Å². The summed E-state index contributed by atoms with van der Waals surface area (Å²) in [6, 6.07) is 0.390. The van der Waals surface area contributed by atoms with E-state index >= 15 is 0 Å². The van der Waals surface area contributed by atoms with E-state index in [1.165, 1.54) is 0 Å². The predicted molar refractivity (Wildman–Crippen MR) is 68.9 cm³/mol. The molecule has 7 heteroatoms. The lowest BCUT2D eigenvalue weighted by atomic mass is 10.2. The zero-order valence-electron chi connectivity index (χ0n) is 11.2. The maximum Gasteiger partial charge on any atom is 0.263 e. The van der Waals surface area contributed by atoms with Gasteiger partial charge in [0.1, 0.15) is 6.10 Å². The van der Waals surface area contributed by atoms with Gasteiger partial charge in [0, 0.05) is 12.6 Å². The molecule has 0 aromatic heterocycles. The van der Waals surface area contributed by atoms with E-state index in [9.17, 15) is 9.59 Å². The second-order valence-corrected chi connectivity index (χ2v) is 5.37. The first-order valence-electron chi connectivity index (χ1n) is 6.72. The highest BCUT2D eigenvalue weighted by molar-refractivity contribution is 5.80. The third-order valence-electron chi connectivity index (χ3n) is 3.41. The van der Waals surface area contributed by atoms with Crippen molar-refractivity contribution in [1.82, 2.24) is 15.6 Å². The fourth-order valence-electron chi connectivity index (χ4n) is 2.28. The minimum atomic E-state index is -0.455. The Morgan fingerprint density at radius 2 is 2.05 bits per heavy atom. The van der Waals surface area contributed by atoms with Crippen LogP contribution in [0, 0.1) is 0 Å². The lowest BCUT2D eigenvalue weighted by Gasteiger charge is -2.20. The smallest absolute Gasteiger partial charge is 0.263 e. The molecule has 1 saturated carbocycles. The molecule has 2 aliphatic rings. The number of nitrogens with zero attached hydrogens (tertiary/aromatic N) is 1. The third kappa shape index (κ3) is 4.45. The number of likely N-dealkylation sites (N-methyl/N-ethyl adjacent to an activating group) is 1. The minimum absolute atomic E-state index is 0.0129. The number of hydrogen-bond acceptors (Lipinski definition) is 5. The van der Waals surface area contributed by atoms with Crippen LogP contribution in [-0.4, -0.2) is 55.1 Å². The first-order valence-corrected chi connectivity index (χ1v) is 6.72. The summed E-state index contributed by atoms with van der Waals surface area (Å²) < 4.78 is 5.59. The Morgan fingerprint density at radius 1 is 1.32 bits per heavy atom. The van der Waals surface area contributed by atoms with Gasteiger partial charge in [0.15, 0.2) is 0 Å². The second kappa shape index (κ2) is 6.31. The number of nitrogens with one attached hydrogen (secondary N) is 2. The molecule has 0 bridgehead atoms. The van der Waals surface area contributed by atoms with Gasteiger partial charge in [-0.25, -0.2) is 5.84 Å². The summed E-state index contributed by atoms with van der Waals surface area (Å²) in [4.78, 5) is 24.9. The highest BCUT2D eigenvalue weighted by Crippen LogP contribution is 2.20. The molecule has 4 N–H and O–H groups in total. The van der Waals surface area contributed by atoms with Crippen LogP contribution < -0.4 is 16.6 Å². The van der Waals surface area contributed by atoms with Gasteiger partial charge in [0.2, 0.25) is 5.91 Å². The largest absolute Gasteiger partial charge is 0.364 e. The fourth-order valence-corrected chi connectivity index (χ4v) is 2.28. The van der Waals surface area contributed by atoms with Gasteiger partial charge in [-0.15, -0.1) is 0 Å². The van der Waals surface area contributed by atoms with Gasteiger partial charge >= 0.3 is 0 Å². The van der Waals surface area contributed by atoms with Crippen LogP contribution >= 0.6 is 0 Å². The van der Waals surface area contributed by atoms with Crippen LogP contribution in [0.3, 0.4) is 0 Å². The molecule has 108 valence electrons. The van der Waals surface area contributed by atoms with Gasteiger partial charge in [-0.3, -0.25) is 19.9 Å². The molecule has 0 aromatic rings. The van der Waals surface area contributed by atoms with Crippen LogP contribution in [0.2, 0.25) is 0 Å². The molecule has 1 heterocycles. The number of hydrazine groups is 1. The molecule has 0 radical (unpaired) electrons. The van der Waals surface area contributed by atoms with Crippen LogP contribution in [0.1, 0.15) is 25.7 Å². The van der Waals surface area contributed by atoms with Crippen molar-refractivity contribution in [2.24, 2.45) is 5.84 Å². The zero-order chi connectivity index (χ0) is 13.8. The Morgan fingerprint density at radius 3 is 2.68 bits per heavy atom. The molecular weight excluding hydrogens is 248 g/mol. The van der Waals surface area contributed by atoms with Gasteiger partial charge in [0.25, 0.3) is 5.91 Å². The third-order valence-corrected chi connectivity index (χ3v) is 3.41. The van der Waals surface area contributed by atoms with Gasteiger partial charge in [-0.05, 0) is 32.7 Å². The van der Waals surface area contributed by atoms with Gasteiger partial charge in [0.05, 0.1) is 12.6 Å². The summed E-state index contributed by atoms with van der Waals surface area (Å²) in [6.07, 6.45) is 3.21. The highest BCUT2D eigenvalue weighted by atomic mass is 16.5. The molecule has 2 unspecified atom stereocenters. The lowest BCUT2D eigenvalue weighted by molar-refractivity contribution is -0.133. The number of nitrogens with two attached hydrogens (primary N) is 1. The quantitative estimate of drug-likeness (QED) is 0.318. The van der Waals surface area contributed by atoms with Crippen molar-refractivity contribution in [1.29, 1.82) is 0 Å². The summed E-state index contributed by atoms with van der Waals surface area (Å²) in [5.74, 6) is 4.85. The average Bonchev–Trinajstić information content (AvgIpc) is 3.04. The molecule has 2 rings (SSSR count). The molecular formula is C12H22N4O3. The Bertz CT molecular complexity index is 346. The van der Waals surface area contributed by atoms with Gasteiger partial charge in [-0.2, -0.15) is 0 Å². The van der Waals surface area contributed by atoms with Crippen molar-refractivity contribution in [2.75, 3.05) is 20.1 Å². The minimum Gasteiger partial charge on any atom is -0.364 e. The molecule has 7 nitrogen and oxygen atoms in total. The molecule has 2 fully saturated rings. The molecule has 19 heavy (non-hydrogen) atoms. The fraction of sp³-hybridized carbons (Fsp3) is 0.833. The summed E-state index contributed by atoms with van der Waals surface area (Å²) in [5.41, 5.74) is 2.10. The van der Waals surface area contributed by atoms with E-state index in [4.69, 9.17) is 10.6 Å². The number of amides is 2. The molecule has 1 aliphatic heterocycles. The molecule has 1 saturated heterocycles. The van der Waals surface area contributed by atoms with Crippen LogP contribution in [0.5, 0.6) is 0 Å². The van der Waals surface area contributed by atoms with E-state index in [0.29, 0.717) is 25.6 Å². The summed E-state index contributed by atoms with van der Waals surface area (Å²) in [6.45, 7) is 1.01. The van der Waals surface area contributed by atoms with Crippen LogP contribution in [0.25, 0.3) is 0 Å². The number of carbonyl (C=O) groups is 2. The molecule has 0 spiro atoms. The van der Waals surface area contributed by atoms with Crippen molar-refractivity contribution >= 4 is 11.8 Å². The van der Waals surface area contributed by atoms with E-state index in [2.05, 4.69) is 10.7 Å². The summed E-state index contributed by atoms with van der Waals surface area (Å²) in [7, 11) is 1.88. The second-order valence-electron chi connectivity index (χ2n) is 5.37. The number of hydrogen-bond donors (Lipinski definition) is 3. The van der Waals surface area contributed by atoms with E-state index in [0.717, 1.165) is 19.3 Å². The number of ether oxygens (including phenoxy) is 1. The maximum absolute atomic E-state index is 11.6. The Hall–Kier alpha value is -1.18. The summed E-state index contributed by atoms with van der Waals surface area (Å²) >= 11 is 0. The topological polar surface area (TPSA) is 96.7 Å². The first kappa shape index (κ1) is 14.2. The standard InChI is InChI=1S/C12H22N4O3/c1-16(7-11(17)14-8-2-3-8)6-9-4-5-10(19-9)12(18)15-13/h8-10H,2-7,13H2,1H3,(H,14,17)(H,15,18). The molecule has 2 atom stereocenters. The van der Waals surface area contributed by atoms with Crippen molar-refractivity contribution in [3.05, 3.63) is 0 Å². The van der Waals surface area contributed by atoms with Crippen molar-refractivity contribution in [3.8, 4) is 0 Å². The summed E-state index contributed by atoms with van der Waals surface area (Å²) in [5, 5.41) is 2.94. The van der Waals surface area contributed by atoms with Crippen LogP contribution in [-0.2, 0) is 14.3 Å². The average molecular weight is 270 g/mol. The number of carbonyl (C=O) groups excluding carboxylic acids is 2. The lowest BCUT2D eigenvalue weighted by Crippen LogP contribution is -2.41. The normalized spacial score (nSPS) is 26.5. The zero-order valence-corrected chi connectivity index (χ0v) is 11.2. The van der Waals surface area contributed by atoms with Gasteiger partial charge in [-0.1, -0.05) is 0 Å². The van der Waals surface area contributed by atoms with E-state index in [1.807, 2.05) is 11.9 Å². The molecule has 0 aromatic carbocycles. The monoisotopic (exact) mass is 270 g/mol. The highest BCUT2D eigenvalue weighted by Gasteiger charge is 2.31. The Labute approximate surface area is 112 Å². The van der Waals surface area contributed by atoms with E-state index < -0.39 is 6.10 Å². The predicted octanol–water partition coefficient (Wildman–Crippen LogP) is -1.27.